The maximum atomic E-state index is 6.08. The van der Waals surface area contributed by atoms with E-state index in [1.54, 1.807) is 0 Å². The molecular weight excluding hydrogens is 122 g/mol. The predicted molar refractivity (Wildman–Crippen MR) is 42.7 cm³/mol. The molecule has 0 aromatic rings. The Morgan fingerprint density at radius 2 is 1.40 bits per heavy atom. The lowest BCUT2D eigenvalue weighted by Gasteiger charge is -2.17. The molecule has 0 saturated heterocycles. The average molecular weight is 139 g/mol. The Bertz CT molecular complexity index is 112. The minimum Gasteiger partial charge on any atom is -0.327 e. The van der Waals surface area contributed by atoms with Crippen molar-refractivity contribution in [3.05, 3.63) is 0 Å². The summed E-state index contributed by atoms with van der Waals surface area (Å²) in [5, 5.41) is 0. The molecule has 0 heterocycles. The minimum atomic E-state index is 0.572. The summed E-state index contributed by atoms with van der Waals surface area (Å²) >= 11 is 0. The van der Waals surface area contributed by atoms with Crippen LogP contribution < -0.4 is 5.73 Å². The maximum Gasteiger partial charge on any atom is 0.00956 e. The highest BCUT2D eigenvalue weighted by Crippen LogP contribution is 2.39. The molecule has 10 heavy (non-hydrogen) atoms. The lowest BCUT2D eigenvalue weighted by Crippen LogP contribution is -2.30. The van der Waals surface area contributed by atoms with E-state index < -0.39 is 0 Å². The van der Waals surface area contributed by atoms with E-state index in [0.29, 0.717) is 6.04 Å². The largest absolute Gasteiger partial charge is 0.327 e. The van der Waals surface area contributed by atoms with Crippen molar-refractivity contribution in [3.8, 4) is 0 Å². The van der Waals surface area contributed by atoms with E-state index in [-0.39, 0.29) is 0 Å². The van der Waals surface area contributed by atoms with Crippen LogP contribution >= 0.6 is 0 Å². The standard InChI is InChI=1S/C9H17N/c10-9(8-5-6-8)7-3-1-2-4-7/h7-9H,1-6,10H2. The van der Waals surface area contributed by atoms with Gasteiger partial charge in [-0.15, -0.1) is 0 Å². The predicted octanol–water partition coefficient (Wildman–Crippen LogP) is 1.91. The molecule has 0 aliphatic heterocycles. The first-order valence-electron chi connectivity index (χ1n) is 4.63. The molecule has 0 spiro atoms. The summed E-state index contributed by atoms with van der Waals surface area (Å²) in [6, 6.07) is 0.572. The number of nitrogens with two attached hydrogens (primary N) is 1. The van der Waals surface area contributed by atoms with Gasteiger partial charge in [-0.2, -0.15) is 0 Å². The maximum absolute atomic E-state index is 6.08. The van der Waals surface area contributed by atoms with Gasteiger partial charge in [-0.3, -0.25) is 0 Å². The average Bonchev–Trinajstić information content (AvgIpc) is 2.65. The van der Waals surface area contributed by atoms with E-state index in [9.17, 15) is 0 Å². The summed E-state index contributed by atoms with van der Waals surface area (Å²) in [4.78, 5) is 0. The smallest absolute Gasteiger partial charge is 0.00956 e. The Labute approximate surface area is 63.0 Å². The Kier molecular flexibility index (Phi) is 1.69. The first kappa shape index (κ1) is 6.66. The first-order chi connectivity index (χ1) is 4.88. The third-order valence-corrected chi connectivity index (χ3v) is 3.11. The number of rotatable bonds is 2. The normalized spacial score (nSPS) is 30.9. The van der Waals surface area contributed by atoms with Gasteiger partial charge in [0.15, 0.2) is 0 Å². The van der Waals surface area contributed by atoms with Gasteiger partial charge in [-0.25, -0.2) is 0 Å². The van der Waals surface area contributed by atoms with Crippen molar-refractivity contribution in [2.45, 2.75) is 44.6 Å². The molecule has 1 nitrogen and oxygen atoms in total. The monoisotopic (exact) mass is 139 g/mol. The molecule has 1 unspecified atom stereocenters. The van der Waals surface area contributed by atoms with Crippen LogP contribution in [-0.2, 0) is 0 Å². The van der Waals surface area contributed by atoms with Crippen molar-refractivity contribution in [1.82, 2.24) is 0 Å². The van der Waals surface area contributed by atoms with Gasteiger partial charge < -0.3 is 5.73 Å². The van der Waals surface area contributed by atoms with Crippen LogP contribution in [0, 0.1) is 11.8 Å². The minimum absolute atomic E-state index is 0.572. The van der Waals surface area contributed by atoms with Crippen molar-refractivity contribution >= 4 is 0 Å². The Morgan fingerprint density at radius 1 is 0.900 bits per heavy atom. The highest BCUT2D eigenvalue weighted by atomic mass is 14.7. The third-order valence-electron chi connectivity index (χ3n) is 3.11. The second-order valence-corrected chi connectivity index (χ2v) is 3.96. The molecule has 2 fully saturated rings. The van der Waals surface area contributed by atoms with Crippen LogP contribution in [0.3, 0.4) is 0 Å². The second kappa shape index (κ2) is 2.54. The van der Waals surface area contributed by atoms with E-state index in [2.05, 4.69) is 0 Å². The van der Waals surface area contributed by atoms with Gasteiger partial charge in [-0.05, 0) is 37.5 Å². The van der Waals surface area contributed by atoms with Gasteiger partial charge in [0.2, 0.25) is 0 Å². The topological polar surface area (TPSA) is 26.0 Å². The van der Waals surface area contributed by atoms with Crippen LogP contribution in [-0.4, -0.2) is 6.04 Å². The van der Waals surface area contributed by atoms with Gasteiger partial charge in [0.1, 0.15) is 0 Å². The van der Waals surface area contributed by atoms with Gasteiger partial charge >= 0.3 is 0 Å². The van der Waals surface area contributed by atoms with Gasteiger partial charge in [0.05, 0.1) is 0 Å². The molecule has 0 radical (unpaired) electrons. The Balaban J connectivity index is 1.84. The number of hydrogen-bond acceptors (Lipinski definition) is 1. The highest BCUT2D eigenvalue weighted by Gasteiger charge is 2.34. The summed E-state index contributed by atoms with van der Waals surface area (Å²) in [5.74, 6) is 1.82. The van der Waals surface area contributed by atoms with Gasteiger partial charge in [0, 0.05) is 6.04 Å². The molecule has 2 aliphatic carbocycles. The molecule has 1 atom stereocenters. The second-order valence-electron chi connectivity index (χ2n) is 3.96. The molecule has 2 saturated carbocycles. The van der Waals surface area contributed by atoms with Crippen LogP contribution in [0.2, 0.25) is 0 Å². The zero-order chi connectivity index (χ0) is 6.97. The molecule has 0 aromatic heterocycles. The molecular formula is C9H17N. The third kappa shape index (κ3) is 1.20. The molecule has 0 bridgehead atoms. The molecule has 58 valence electrons. The van der Waals surface area contributed by atoms with Crippen molar-refractivity contribution in [1.29, 1.82) is 0 Å². The molecule has 1 heteroatoms. The molecule has 2 aliphatic rings. The summed E-state index contributed by atoms with van der Waals surface area (Å²) < 4.78 is 0. The highest BCUT2D eigenvalue weighted by molar-refractivity contribution is 4.90. The van der Waals surface area contributed by atoms with E-state index in [4.69, 9.17) is 5.73 Å². The summed E-state index contributed by atoms with van der Waals surface area (Å²) in [7, 11) is 0. The molecule has 2 N–H and O–H groups in total. The molecule has 0 amide bonds. The zero-order valence-electron chi connectivity index (χ0n) is 6.55. The lowest BCUT2D eigenvalue weighted by molar-refractivity contribution is 0.395. The lowest BCUT2D eigenvalue weighted by atomic mass is 9.95. The van der Waals surface area contributed by atoms with Crippen molar-refractivity contribution in [2.24, 2.45) is 17.6 Å². The fourth-order valence-electron chi connectivity index (χ4n) is 2.21. The number of hydrogen-bond donors (Lipinski definition) is 1. The van der Waals surface area contributed by atoms with Crippen molar-refractivity contribution in [3.63, 3.8) is 0 Å². The van der Waals surface area contributed by atoms with Gasteiger partial charge in [0.25, 0.3) is 0 Å². The summed E-state index contributed by atoms with van der Waals surface area (Å²) in [5.41, 5.74) is 6.08. The van der Waals surface area contributed by atoms with Gasteiger partial charge in [-0.1, -0.05) is 12.8 Å². The Hall–Kier alpha value is -0.0400. The van der Waals surface area contributed by atoms with Crippen LogP contribution in [0.4, 0.5) is 0 Å². The quantitative estimate of drug-likeness (QED) is 0.621. The fourth-order valence-corrected chi connectivity index (χ4v) is 2.21. The summed E-state index contributed by atoms with van der Waals surface area (Å²) in [6.45, 7) is 0. The molecule has 2 rings (SSSR count). The molecule has 0 aromatic carbocycles. The van der Waals surface area contributed by atoms with Crippen molar-refractivity contribution in [2.75, 3.05) is 0 Å². The van der Waals surface area contributed by atoms with Crippen LogP contribution in [0.25, 0.3) is 0 Å². The van der Waals surface area contributed by atoms with Crippen LogP contribution in [0.5, 0.6) is 0 Å². The Morgan fingerprint density at radius 3 is 1.90 bits per heavy atom. The van der Waals surface area contributed by atoms with E-state index in [0.717, 1.165) is 11.8 Å². The first-order valence-corrected chi connectivity index (χ1v) is 4.63. The van der Waals surface area contributed by atoms with E-state index in [1.807, 2.05) is 0 Å². The summed E-state index contributed by atoms with van der Waals surface area (Å²) in [6.07, 6.45) is 8.53. The van der Waals surface area contributed by atoms with E-state index >= 15 is 0 Å². The van der Waals surface area contributed by atoms with Crippen molar-refractivity contribution < 1.29 is 0 Å². The van der Waals surface area contributed by atoms with Crippen LogP contribution in [0.15, 0.2) is 0 Å². The van der Waals surface area contributed by atoms with E-state index in [1.165, 1.54) is 38.5 Å². The fraction of sp³-hybridized carbons (Fsp3) is 1.00. The SMILES string of the molecule is NC(C1CCCC1)C1CC1. The van der Waals surface area contributed by atoms with Crippen LogP contribution in [0.1, 0.15) is 38.5 Å². The zero-order valence-corrected chi connectivity index (χ0v) is 6.55.